The highest BCUT2D eigenvalue weighted by Gasteiger charge is 2.15. The van der Waals surface area contributed by atoms with E-state index in [9.17, 15) is 4.79 Å². The summed E-state index contributed by atoms with van der Waals surface area (Å²) in [5.74, 6) is 0.805. The lowest BCUT2D eigenvalue weighted by atomic mass is 10.1. The van der Waals surface area contributed by atoms with Crippen LogP contribution in [0.3, 0.4) is 0 Å². The van der Waals surface area contributed by atoms with Crippen molar-refractivity contribution in [2.45, 2.75) is 33.9 Å². The molecule has 0 fully saturated rings. The molecule has 2 aromatic heterocycles. The summed E-state index contributed by atoms with van der Waals surface area (Å²) in [5, 5.41) is 4.83. The van der Waals surface area contributed by atoms with E-state index >= 15 is 0 Å². The average Bonchev–Trinajstić information content (AvgIpc) is 2.82. The number of thiocarbonyl (C=S) groups is 1. The standard InChI is InChI=1S/C27H28N4O2S/c1-4-33-24-9-7-23(8-10-24)29-27(34)31(16-20-6-5-11-28-15-20)17-22-14-21-13-18(2)12-19(3)25(21)30-26(22)32/h5-15H,4,16-17H2,1-3H3,(H,29,34)(H,30,32). The number of pyridine rings is 2. The number of nitrogens with one attached hydrogen (secondary N) is 2. The number of benzene rings is 2. The third kappa shape index (κ3) is 5.61. The summed E-state index contributed by atoms with van der Waals surface area (Å²) >= 11 is 5.77. The van der Waals surface area contributed by atoms with Crippen molar-refractivity contribution in [1.29, 1.82) is 0 Å². The Morgan fingerprint density at radius 2 is 1.91 bits per heavy atom. The molecule has 0 saturated carbocycles. The van der Waals surface area contributed by atoms with Gasteiger partial charge in [0.05, 0.1) is 18.7 Å². The molecule has 4 rings (SSSR count). The van der Waals surface area contributed by atoms with Crippen LogP contribution >= 0.6 is 12.2 Å². The lowest BCUT2D eigenvalue weighted by Gasteiger charge is -2.26. The van der Waals surface area contributed by atoms with Crippen molar-refractivity contribution in [3.8, 4) is 5.75 Å². The van der Waals surface area contributed by atoms with Gasteiger partial charge in [0.2, 0.25) is 0 Å². The molecule has 34 heavy (non-hydrogen) atoms. The Morgan fingerprint density at radius 3 is 2.62 bits per heavy atom. The number of anilines is 1. The molecule has 0 amide bonds. The molecule has 174 valence electrons. The van der Waals surface area contributed by atoms with Crippen molar-refractivity contribution in [2.24, 2.45) is 0 Å². The molecular weight excluding hydrogens is 444 g/mol. The van der Waals surface area contributed by atoms with Gasteiger partial charge in [-0.3, -0.25) is 9.78 Å². The molecule has 0 unspecified atom stereocenters. The van der Waals surface area contributed by atoms with Gasteiger partial charge in [-0.15, -0.1) is 0 Å². The van der Waals surface area contributed by atoms with Gasteiger partial charge in [0.25, 0.3) is 5.56 Å². The zero-order chi connectivity index (χ0) is 24.1. The second kappa shape index (κ2) is 10.5. The predicted octanol–water partition coefficient (Wildman–Crippen LogP) is 5.34. The van der Waals surface area contributed by atoms with E-state index in [2.05, 4.69) is 34.3 Å². The fraction of sp³-hybridized carbons (Fsp3) is 0.222. The van der Waals surface area contributed by atoms with Crippen LogP contribution in [0.4, 0.5) is 5.69 Å². The van der Waals surface area contributed by atoms with Crippen LogP contribution in [0.1, 0.15) is 29.2 Å². The van der Waals surface area contributed by atoms with Gasteiger partial charge in [-0.25, -0.2) is 0 Å². The van der Waals surface area contributed by atoms with E-state index in [-0.39, 0.29) is 5.56 Å². The van der Waals surface area contributed by atoms with E-state index < -0.39 is 0 Å². The van der Waals surface area contributed by atoms with Gasteiger partial charge in [-0.1, -0.05) is 17.7 Å². The number of hydrogen-bond acceptors (Lipinski definition) is 4. The van der Waals surface area contributed by atoms with Crippen molar-refractivity contribution in [2.75, 3.05) is 11.9 Å². The van der Waals surface area contributed by atoms with Crippen LogP contribution in [0.2, 0.25) is 0 Å². The number of nitrogens with zero attached hydrogens (tertiary/aromatic N) is 2. The molecule has 0 atom stereocenters. The van der Waals surface area contributed by atoms with Gasteiger partial charge in [0, 0.05) is 30.2 Å². The fourth-order valence-electron chi connectivity index (χ4n) is 3.97. The molecule has 0 saturated heterocycles. The Balaban J connectivity index is 1.62. The third-order valence-corrected chi connectivity index (χ3v) is 5.89. The van der Waals surface area contributed by atoms with E-state index in [1.807, 2.05) is 67.4 Å². The topological polar surface area (TPSA) is 70.2 Å². The number of rotatable bonds is 7. The van der Waals surface area contributed by atoms with Gasteiger partial charge < -0.3 is 19.9 Å². The minimum atomic E-state index is -0.112. The van der Waals surface area contributed by atoms with Crippen LogP contribution in [0.15, 0.2) is 71.8 Å². The molecule has 0 aliphatic carbocycles. The van der Waals surface area contributed by atoms with E-state index in [4.69, 9.17) is 17.0 Å². The van der Waals surface area contributed by atoms with Gasteiger partial charge >= 0.3 is 0 Å². The molecule has 0 radical (unpaired) electrons. The quantitative estimate of drug-likeness (QED) is 0.354. The summed E-state index contributed by atoms with van der Waals surface area (Å²) in [7, 11) is 0. The number of ether oxygens (including phenoxy) is 1. The van der Waals surface area contributed by atoms with Crippen LogP contribution in [0.5, 0.6) is 5.75 Å². The first-order valence-corrected chi connectivity index (χ1v) is 11.6. The molecule has 2 aromatic carbocycles. The number of aromatic nitrogens is 2. The molecular formula is C27H28N4O2S. The Kier molecular flexibility index (Phi) is 7.23. The zero-order valence-corrected chi connectivity index (χ0v) is 20.4. The van der Waals surface area contributed by atoms with Crippen molar-refractivity contribution < 1.29 is 4.74 Å². The van der Waals surface area contributed by atoms with Crippen LogP contribution in [0, 0.1) is 13.8 Å². The minimum Gasteiger partial charge on any atom is -0.494 e. The number of fused-ring (bicyclic) bond motifs is 1. The number of hydrogen-bond donors (Lipinski definition) is 2. The molecule has 0 bridgehead atoms. The van der Waals surface area contributed by atoms with E-state index in [1.165, 1.54) is 0 Å². The summed E-state index contributed by atoms with van der Waals surface area (Å²) in [6.07, 6.45) is 3.55. The SMILES string of the molecule is CCOc1ccc(NC(=S)N(Cc2cccnc2)Cc2cc3cc(C)cc(C)c3[nH]c2=O)cc1. The van der Waals surface area contributed by atoms with Gasteiger partial charge in [-0.2, -0.15) is 0 Å². The predicted molar refractivity (Wildman–Crippen MR) is 141 cm³/mol. The van der Waals surface area contributed by atoms with Crippen LogP contribution in [-0.4, -0.2) is 26.6 Å². The minimum absolute atomic E-state index is 0.112. The summed E-state index contributed by atoms with van der Waals surface area (Å²) in [6, 6.07) is 17.7. The molecule has 6 nitrogen and oxygen atoms in total. The second-order valence-corrected chi connectivity index (χ2v) is 8.66. The Morgan fingerprint density at radius 1 is 1.12 bits per heavy atom. The third-order valence-electron chi connectivity index (χ3n) is 5.53. The summed E-state index contributed by atoms with van der Waals surface area (Å²) < 4.78 is 5.52. The Bertz CT molecular complexity index is 1350. The number of aromatic amines is 1. The first kappa shape index (κ1) is 23.4. The highest BCUT2D eigenvalue weighted by Crippen LogP contribution is 2.20. The smallest absolute Gasteiger partial charge is 0.253 e. The molecule has 7 heteroatoms. The summed E-state index contributed by atoms with van der Waals surface area (Å²) in [4.78, 5) is 22.2. The Hall–Kier alpha value is -3.71. The largest absolute Gasteiger partial charge is 0.494 e. The molecule has 4 aromatic rings. The number of H-pyrrole nitrogens is 1. The van der Waals surface area contributed by atoms with Gasteiger partial charge in [0.1, 0.15) is 5.75 Å². The van der Waals surface area contributed by atoms with Crippen LogP contribution in [-0.2, 0) is 13.1 Å². The molecule has 2 N–H and O–H groups in total. The number of aryl methyl sites for hydroxylation is 2. The van der Waals surface area contributed by atoms with Gasteiger partial charge in [0.15, 0.2) is 5.11 Å². The lowest BCUT2D eigenvalue weighted by molar-refractivity contribution is 0.340. The van der Waals surface area contributed by atoms with Crippen molar-refractivity contribution >= 4 is 33.9 Å². The fourth-order valence-corrected chi connectivity index (χ4v) is 4.22. The monoisotopic (exact) mass is 472 g/mol. The van der Waals surface area contributed by atoms with Crippen molar-refractivity contribution in [3.05, 3.63) is 99.6 Å². The average molecular weight is 473 g/mol. The van der Waals surface area contributed by atoms with E-state index in [1.54, 1.807) is 6.20 Å². The first-order valence-electron chi connectivity index (χ1n) is 11.2. The van der Waals surface area contributed by atoms with E-state index in [0.29, 0.717) is 30.4 Å². The molecule has 0 spiro atoms. The lowest BCUT2D eigenvalue weighted by Crippen LogP contribution is -2.35. The highest BCUT2D eigenvalue weighted by atomic mass is 32.1. The van der Waals surface area contributed by atoms with Gasteiger partial charge in [-0.05, 0) is 92.0 Å². The maximum Gasteiger partial charge on any atom is 0.253 e. The Labute approximate surface area is 204 Å². The van der Waals surface area contributed by atoms with E-state index in [0.717, 1.165) is 39.0 Å². The van der Waals surface area contributed by atoms with Crippen molar-refractivity contribution in [1.82, 2.24) is 14.9 Å². The molecule has 0 aliphatic rings. The van der Waals surface area contributed by atoms with Crippen LogP contribution < -0.4 is 15.6 Å². The maximum atomic E-state index is 13.0. The first-order chi connectivity index (χ1) is 16.4. The van der Waals surface area contributed by atoms with Crippen molar-refractivity contribution in [3.63, 3.8) is 0 Å². The second-order valence-electron chi connectivity index (χ2n) is 8.27. The zero-order valence-electron chi connectivity index (χ0n) is 19.6. The van der Waals surface area contributed by atoms with Crippen LogP contribution in [0.25, 0.3) is 10.9 Å². The maximum absolute atomic E-state index is 13.0. The normalized spacial score (nSPS) is 10.8. The highest BCUT2D eigenvalue weighted by molar-refractivity contribution is 7.80. The summed E-state index contributed by atoms with van der Waals surface area (Å²) in [6.45, 7) is 7.51. The molecule has 2 heterocycles. The molecule has 0 aliphatic heterocycles. The summed E-state index contributed by atoms with van der Waals surface area (Å²) in [5.41, 5.74) is 5.47.